The summed E-state index contributed by atoms with van der Waals surface area (Å²) in [6.07, 6.45) is 4.64. The number of rotatable bonds is 13. The lowest BCUT2D eigenvalue weighted by molar-refractivity contribution is -0.142. The molecule has 1 saturated heterocycles. The number of carboxylic acids is 1. The Bertz CT molecular complexity index is 1030. The van der Waals surface area contributed by atoms with Crippen LogP contribution in [-0.2, 0) is 27.2 Å². The van der Waals surface area contributed by atoms with E-state index in [0.29, 0.717) is 45.4 Å². The van der Waals surface area contributed by atoms with Gasteiger partial charge in [0.05, 0.1) is 6.61 Å². The summed E-state index contributed by atoms with van der Waals surface area (Å²) in [6.45, 7) is 3.87. The Morgan fingerprint density at radius 1 is 1.11 bits per heavy atom. The first-order valence-electron chi connectivity index (χ1n) is 13.1. The molecule has 37 heavy (non-hydrogen) atoms. The predicted octanol–water partition coefficient (Wildman–Crippen LogP) is 4.38. The maximum absolute atomic E-state index is 13.3. The van der Waals surface area contributed by atoms with E-state index in [4.69, 9.17) is 4.74 Å². The number of halogens is 1. The number of piperidine rings is 1. The van der Waals surface area contributed by atoms with Crippen LogP contribution in [0.3, 0.4) is 0 Å². The van der Waals surface area contributed by atoms with Crippen molar-refractivity contribution in [3.05, 3.63) is 65.5 Å². The SMILES string of the molecule is CCCCOc1ccc(C[C@H](NC(=O)CC2CCN(C(=O)CCc3cccc(F)c3)CC2)C(=O)O)cc1. The quantitative estimate of drug-likeness (QED) is 0.389. The van der Waals surface area contributed by atoms with Gasteiger partial charge in [-0.3, -0.25) is 9.59 Å². The summed E-state index contributed by atoms with van der Waals surface area (Å²) in [4.78, 5) is 38.7. The number of nitrogens with one attached hydrogen (secondary N) is 1. The van der Waals surface area contributed by atoms with E-state index in [9.17, 15) is 23.9 Å². The van der Waals surface area contributed by atoms with Crippen LogP contribution < -0.4 is 10.1 Å². The van der Waals surface area contributed by atoms with Gasteiger partial charge in [-0.05, 0) is 67.0 Å². The standard InChI is InChI=1S/C29H37FN2O5/c1-2-3-17-37-25-10-7-22(8-11-25)19-26(29(35)36)31-27(33)20-23-13-15-32(16-14-23)28(34)12-9-21-5-4-6-24(30)18-21/h4-8,10-11,18,23,26H,2-3,9,12-17,19-20H2,1H3,(H,31,33)(H,35,36)/t26-/m0/s1. The van der Waals surface area contributed by atoms with E-state index in [-0.39, 0.29) is 36.4 Å². The third-order valence-corrected chi connectivity index (χ3v) is 6.72. The molecule has 2 amide bonds. The number of unbranched alkanes of at least 4 members (excludes halogenated alkanes) is 1. The molecule has 0 aromatic heterocycles. The minimum absolute atomic E-state index is 0.0277. The molecule has 1 aliphatic rings. The van der Waals surface area contributed by atoms with Gasteiger partial charge in [-0.1, -0.05) is 37.6 Å². The molecule has 3 rings (SSSR count). The van der Waals surface area contributed by atoms with Crippen molar-refractivity contribution in [2.24, 2.45) is 5.92 Å². The molecule has 200 valence electrons. The van der Waals surface area contributed by atoms with Crippen molar-refractivity contribution in [3.63, 3.8) is 0 Å². The minimum atomic E-state index is -1.07. The predicted molar refractivity (Wildman–Crippen MR) is 139 cm³/mol. The Morgan fingerprint density at radius 3 is 2.49 bits per heavy atom. The highest BCUT2D eigenvalue weighted by Crippen LogP contribution is 2.22. The fraction of sp³-hybridized carbons (Fsp3) is 0.483. The third-order valence-electron chi connectivity index (χ3n) is 6.72. The van der Waals surface area contributed by atoms with Crippen molar-refractivity contribution >= 4 is 17.8 Å². The van der Waals surface area contributed by atoms with Crippen LogP contribution >= 0.6 is 0 Å². The number of hydrogen-bond donors (Lipinski definition) is 2. The van der Waals surface area contributed by atoms with Gasteiger partial charge in [0.1, 0.15) is 17.6 Å². The highest BCUT2D eigenvalue weighted by Gasteiger charge is 2.26. The fourth-order valence-electron chi connectivity index (χ4n) is 4.50. The lowest BCUT2D eigenvalue weighted by Crippen LogP contribution is -2.44. The van der Waals surface area contributed by atoms with E-state index < -0.39 is 12.0 Å². The van der Waals surface area contributed by atoms with E-state index in [1.165, 1.54) is 12.1 Å². The second kappa shape index (κ2) is 14.4. The lowest BCUT2D eigenvalue weighted by atomic mass is 9.92. The summed E-state index contributed by atoms with van der Waals surface area (Å²) < 4.78 is 19.0. The Hall–Kier alpha value is -3.42. The highest BCUT2D eigenvalue weighted by molar-refractivity contribution is 5.84. The minimum Gasteiger partial charge on any atom is -0.494 e. The van der Waals surface area contributed by atoms with Gasteiger partial charge in [0.2, 0.25) is 11.8 Å². The molecular weight excluding hydrogens is 475 g/mol. The maximum Gasteiger partial charge on any atom is 0.326 e. The molecule has 0 unspecified atom stereocenters. The van der Waals surface area contributed by atoms with Gasteiger partial charge in [-0.15, -0.1) is 0 Å². The number of nitrogens with zero attached hydrogens (tertiary/aromatic N) is 1. The Kier molecular flexibility index (Phi) is 10.9. The van der Waals surface area contributed by atoms with Crippen LogP contribution in [-0.4, -0.2) is 53.5 Å². The number of hydrogen-bond acceptors (Lipinski definition) is 4. The second-order valence-electron chi connectivity index (χ2n) is 9.67. The topological polar surface area (TPSA) is 95.9 Å². The van der Waals surface area contributed by atoms with Gasteiger partial charge in [-0.25, -0.2) is 9.18 Å². The van der Waals surface area contributed by atoms with E-state index in [1.807, 2.05) is 30.3 Å². The highest BCUT2D eigenvalue weighted by atomic mass is 19.1. The molecule has 8 heteroatoms. The van der Waals surface area contributed by atoms with Crippen molar-refractivity contribution in [1.29, 1.82) is 0 Å². The number of aryl methyl sites for hydroxylation is 1. The zero-order valence-corrected chi connectivity index (χ0v) is 21.5. The fourth-order valence-corrected chi connectivity index (χ4v) is 4.50. The number of benzene rings is 2. The van der Waals surface area contributed by atoms with E-state index in [1.54, 1.807) is 11.0 Å². The number of likely N-dealkylation sites (tertiary alicyclic amines) is 1. The summed E-state index contributed by atoms with van der Waals surface area (Å²) in [5.41, 5.74) is 1.60. The number of carbonyl (C=O) groups is 3. The monoisotopic (exact) mass is 512 g/mol. The molecule has 2 N–H and O–H groups in total. The Labute approximate surface area is 218 Å². The van der Waals surface area contributed by atoms with Crippen LogP contribution in [0.25, 0.3) is 0 Å². The van der Waals surface area contributed by atoms with E-state index >= 15 is 0 Å². The maximum atomic E-state index is 13.3. The molecule has 1 atom stereocenters. The van der Waals surface area contributed by atoms with Gasteiger partial charge in [0.25, 0.3) is 0 Å². The van der Waals surface area contributed by atoms with Crippen LogP contribution in [0.15, 0.2) is 48.5 Å². The summed E-state index contributed by atoms with van der Waals surface area (Å²) in [5.74, 6) is -0.800. The Balaban J connectivity index is 1.40. The normalized spacial score (nSPS) is 14.7. The van der Waals surface area contributed by atoms with Crippen LogP contribution in [0.4, 0.5) is 4.39 Å². The smallest absolute Gasteiger partial charge is 0.326 e. The van der Waals surface area contributed by atoms with Gasteiger partial charge in [-0.2, -0.15) is 0 Å². The molecular formula is C29H37FN2O5. The summed E-state index contributed by atoms with van der Waals surface area (Å²) in [7, 11) is 0. The molecule has 0 bridgehead atoms. The molecule has 7 nitrogen and oxygen atoms in total. The second-order valence-corrected chi connectivity index (χ2v) is 9.67. The average Bonchev–Trinajstić information content (AvgIpc) is 2.88. The van der Waals surface area contributed by atoms with Crippen LogP contribution in [0, 0.1) is 11.7 Å². The van der Waals surface area contributed by atoms with Crippen LogP contribution in [0.5, 0.6) is 5.75 Å². The summed E-state index contributed by atoms with van der Waals surface area (Å²) >= 11 is 0. The largest absolute Gasteiger partial charge is 0.494 e. The number of aliphatic carboxylic acids is 1. The van der Waals surface area contributed by atoms with E-state index in [2.05, 4.69) is 12.2 Å². The van der Waals surface area contributed by atoms with Crippen LogP contribution in [0.1, 0.15) is 56.6 Å². The molecule has 1 aliphatic heterocycles. The molecule has 1 fully saturated rings. The third kappa shape index (κ3) is 9.52. The van der Waals surface area contributed by atoms with Gasteiger partial charge in [0, 0.05) is 32.4 Å². The van der Waals surface area contributed by atoms with E-state index in [0.717, 1.165) is 29.7 Å². The molecule has 0 aliphatic carbocycles. The molecule has 2 aromatic rings. The molecule has 0 radical (unpaired) electrons. The molecule has 1 heterocycles. The number of carboxylic acid groups (broad SMARTS) is 1. The van der Waals surface area contributed by atoms with Crippen molar-refractivity contribution in [1.82, 2.24) is 10.2 Å². The number of carbonyl (C=O) groups excluding carboxylic acids is 2. The van der Waals surface area contributed by atoms with Gasteiger partial charge in [0.15, 0.2) is 0 Å². The van der Waals surface area contributed by atoms with Crippen molar-refractivity contribution in [2.45, 2.75) is 64.3 Å². The first-order valence-corrected chi connectivity index (χ1v) is 13.1. The first kappa shape index (κ1) is 28.2. The summed E-state index contributed by atoms with van der Waals surface area (Å²) in [5, 5.41) is 12.3. The van der Waals surface area contributed by atoms with Crippen molar-refractivity contribution in [2.75, 3.05) is 19.7 Å². The van der Waals surface area contributed by atoms with Gasteiger partial charge < -0.3 is 20.1 Å². The average molecular weight is 513 g/mol. The van der Waals surface area contributed by atoms with Crippen molar-refractivity contribution in [3.8, 4) is 5.75 Å². The zero-order chi connectivity index (χ0) is 26.6. The lowest BCUT2D eigenvalue weighted by Gasteiger charge is -2.32. The van der Waals surface area contributed by atoms with Crippen molar-refractivity contribution < 1.29 is 28.6 Å². The van der Waals surface area contributed by atoms with Gasteiger partial charge >= 0.3 is 5.97 Å². The molecule has 0 saturated carbocycles. The molecule has 2 aromatic carbocycles. The van der Waals surface area contributed by atoms with Crippen LogP contribution in [0.2, 0.25) is 0 Å². The summed E-state index contributed by atoms with van der Waals surface area (Å²) in [6, 6.07) is 12.5. The Morgan fingerprint density at radius 2 is 1.84 bits per heavy atom. The number of amides is 2. The zero-order valence-electron chi connectivity index (χ0n) is 21.5. The first-order chi connectivity index (χ1) is 17.8. The molecule has 0 spiro atoms. The number of ether oxygens (including phenoxy) is 1.